The Kier molecular flexibility index (Phi) is 6.04. The zero-order valence-electron chi connectivity index (χ0n) is 13.7. The largest absolute Gasteiger partial charge is 0.492 e. The van der Waals surface area contributed by atoms with E-state index in [2.05, 4.69) is 10.2 Å². The zero-order chi connectivity index (χ0) is 16.6. The predicted molar refractivity (Wildman–Crippen MR) is 92.9 cm³/mol. The van der Waals surface area contributed by atoms with Gasteiger partial charge in [-0.3, -0.25) is 4.90 Å². The van der Waals surface area contributed by atoms with Crippen LogP contribution < -0.4 is 10.1 Å². The van der Waals surface area contributed by atoms with Crippen molar-refractivity contribution in [1.29, 1.82) is 0 Å². The molecule has 0 saturated carbocycles. The van der Waals surface area contributed by atoms with Gasteiger partial charge in [-0.25, -0.2) is 4.39 Å². The number of nitrogens with one attached hydrogen (secondary N) is 1. The molecule has 0 spiro atoms. The Hall–Kier alpha value is -2.11. The van der Waals surface area contributed by atoms with Crippen molar-refractivity contribution < 1.29 is 13.9 Å². The van der Waals surface area contributed by atoms with Crippen LogP contribution in [0, 0.1) is 5.82 Å². The molecule has 1 fully saturated rings. The van der Waals surface area contributed by atoms with Gasteiger partial charge < -0.3 is 14.8 Å². The molecule has 2 aromatic rings. The van der Waals surface area contributed by atoms with E-state index in [-0.39, 0.29) is 5.82 Å². The summed E-state index contributed by atoms with van der Waals surface area (Å²) in [7, 11) is 0. The second-order valence-corrected chi connectivity index (χ2v) is 5.81. The highest BCUT2D eigenvalue weighted by Gasteiger charge is 2.09. The van der Waals surface area contributed by atoms with Crippen LogP contribution in [-0.4, -0.2) is 44.4 Å². The van der Waals surface area contributed by atoms with E-state index in [9.17, 15) is 4.39 Å². The van der Waals surface area contributed by atoms with Gasteiger partial charge in [0.05, 0.1) is 13.2 Å². The number of anilines is 1. The molecule has 0 aromatic heterocycles. The van der Waals surface area contributed by atoms with Crippen LogP contribution >= 0.6 is 0 Å². The van der Waals surface area contributed by atoms with E-state index in [1.165, 1.54) is 12.1 Å². The van der Waals surface area contributed by atoms with Crippen molar-refractivity contribution >= 4 is 5.69 Å². The summed E-state index contributed by atoms with van der Waals surface area (Å²) in [6.07, 6.45) is 0. The molecule has 0 aliphatic carbocycles. The minimum absolute atomic E-state index is 0.214. The molecule has 0 amide bonds. The van der Waals surface area contributed by atoms with Gasteiger partial charge in [0.2, 0.25) is 0 Å². The quantitative estimate of drug-likeness (QED) is 0.846. The summed E-state index contributed by atoms with van der Waals surface area (Å²) in [4.78, 5) is 2.35. The number of halogens is 1. The SMILES string of the molecule is Fc1ccc(CNc2cccc(OCCN3CCOCC3)c2)cc1. The monoisotopic (exact) mass is 330 g/mol. The molecule has 24 heavy (non-hydrogen) atoms. The summed E-state index contributed by atoms with van der Waals surface area (Å²) in [5.74, 6) is 0.641. The smallest absolute Gasteiger partial charge is 0.123 e. The lowest BCUT2D eigenvalue weighted by Crippen LogP contribution is -2.38. The van der Waals surface area contributed by atoms with E-state index >= 15 is 0 Å². The first-order valence-corrected chi connectivity index (χ1v) is 8.31. The van der Waals surface area contributed by atoms with Gasteiger partial charge in [0.25, 0.3) is 0 Å². The molecule has 1 N–H and O–H groups in total. The fraction of sp³-hybridized carbons (Fsp3) is 0.368. The van der Waals surface area contributed by atoms with Crippen molar-refractivity contribution in [2.75, 3.05) is 44.8 Å². The number of hydrogen-bond donors (Lipinski definition) is 1. The summed E-state index contributed by atoms with van der Waals surface area (Å²) < 4.78 is 24.1. The molecule has 5 heteroatoms. The first-order valence-electron chi connectivity index (χ1n) is 8.31. The summed E-state index contributed by atoms with van der Waals surface area (Å²) in [5, 5.41) is 3.33. The minimum Gasteiger partial charge on any atom is -0.492 e. The van der Waals surface area contributed by atoms with E-state index in [1.807, 2.05) is 24.3 Å². The zero-order valence-corrected chi connectivity index (χ0v) is 13.7. The molecule has 1 aliphatic rings. The average molecular weight is 330 g/mol. The standard InChI is InChI=1S/C19H23FN2O2/c20-17-6-4-16(5-7-17)15-21-18-2-1-3-19(14-18)24-13-10-22-8-11-23-12-9-22/h1-7,14,21H,8-13,15H2. The van der Waals surface area contributed by atoms with Gasteiger partial charge in [0.1, 0.15) is 18.2 Å². The van der Waals surface area contributed by atoms with Crippen LogP contribution in [0.2, 0.25) is 0 Å². The van der Waals surface area contributed by atoms with Gasteiger partial charge in [0.15, 0.2) is 0 Å². The van der Waals surface area contributed by atoms with Crippen molar-refractivity contribution in [3.05, 3.63) is 59.9 Å². The molecule has 3 rings (SSSR count). The second kappa shape index (κ2) is 8.66. The van der Waals surface area contributed by atoms with Crippen LogP contribution in [0.4, 0.5) is 10.1 Å². The molecule has 1 aliphatic heterocycles. The minimum atomic E-state index is -0.214. The highest BCUT2D eigenvalue weighted by Crippen LogP contribution is 2.18. The Morgan fingerprint density at radius 1 is 1.08 bits per heavy atom. The maximum atomic E-state index is 12.9. The number of nitrogens with zero attached hydrogens (tertiary/aromatic N) is 1. The van der Waals surface area contributed by atoms with Crippen LogP contribution in [0.1, 0.15) is 5.56 Å². The van der Waals surface area contributed by atoms with E-state index < -0.39 is 0 Å². The number of hydrogen-bond acceptors (Lipinski definition) is 4. The summed E-state index contributed by atoms with van der Waals surface area (Å²) in [6, 6.07) is 14.4. The first kappa shape index (κ1) is 16.7. The van der Waals surface area contributed by atoms with Crippen molar-refractivity contribution in [3.63, 3.8) is 0 Å². The van der Waals surface area contributed by atoms with Gasteiger partial charge in [-0.2, -0.15) is 0 Å². The number of rotatable bonds is 7. The van der Waals surface area contributed by atoms with E-state index in [0.29, 0.717) is 13.2 Å². The van der Waals surface area contributed by atoms with Gasteiger partial charge >= 0.3 is 0 Å². The molecule has 0 radical (unpaired) electrons. The van der Waals surface area contributed by atoms with Gasteiger partial charge in [0, 0.05) is 37.9 Å². The Labute approximate surface area is 142 Å². The lowest BCUT2D eigenvalue weighted by atomic mass is 10.2. The van der Waals surface area contributed by atoms with Crippen LogP contribution in [0.15, 0.2) is 48.5 Å². The molecule has 1 saturated heterocycles. The van der Waals surface area contributed by atoms with Gasteiger partial charge in [-0.1, -0.05) is 18.2 Å². The third-order valence-electron chi connectivity index (χ3n) is 4.02. The summed E-state index contributed by atoms with van der Waals surface area (Å²) in [6.45, 7) is 5.80. The molecule has 1 heterocycles. The average Bonchev–Trinajstić information content (AvgIpc) is 2.63. The summed E-state index contributed by atoms with van der Waals surface area (Å²) in [5.41, 5.74) is 2.03. The Balaban J connectivity index is 1.45. The van der Waals surface area contributed by atoms with Crippen LogP contribution in [0.3, 0.4) is 0 Å². The van der Waals surface area contributed by atoms with E-state index in [1.54, 1.807) is 12.1 Å². The van der Waals surface area contributed by atoms with Crippen molar-refractivity contribution in [2.24, 2.45) is 0 Å². The third-order valence-corrected chi connectivity index (χ3v) is 4.02. The lowest BCUT2D eigenvalue weighted by molar-refractivity contribution is 0.0322. The Bertz CT molecular complexity index is 628. The molecule has 4 nitrogen and oxygen atoms in total. The Morgan fingerprint density at radius 2 is 1.88 bits per heavy atom. The fourth-order valence-electron chi connectivity index (χ4n) is 2.62. The number of morpholine rings is 1. The highest BCUT2D eigenvalue weighted by atomic mass is 19.1. The van der Waals surface area contributed by atoms with Crippen LogP contribution in [0.25, 0.3) is 0 Å². The number of benzene rings is 2. The predicted octanol–water partition coefficient (Wildman–Crippen LogP) is 3.15. The Morgan fingerprint density at radius 3 is 2.67 bits per heavy atom. The maximum Gasteiger partial charge on any atom is 0.123 e. The molecule has 0 atom stereocenters. The van der Waals surface area contributed by atoms with Crippen molar-refractivity contribution in [3.8, 4) is 5.75 Å². The van der Waals surface area contributed by atoms with Gasteiger partial charge in [-0.15, -0.1) is 0 Å². The highest BCUT2D eigenvalue weighted by molar-refractivity contribution is 5.48. The lowest BCUT2D eigenvalue weighted by Gasteiger charge is -2.26. The third kappa shape index (κ3) is 5.22. The second-order valence-electron chi connectivity index (χ2n) is 5.81. The fourth-order valence-corrected chi connectivity index (χ4v) is 2.62. The van der Waals surface area contributed by atoms with Crippen LogP contribution in [0.5, 0.6) is 5.75 Å². The normalized spacial score (nSPS) is 15.2. The maximum absolute atomic E-state index is 12.9. The van der Waals surface area contributed by atoms with Gasteiger partial charge in [-0.05, 0) is 29.8 Å². The molecular formula is C19H23FN2O2. The van der Waals surface area contributed by atoms with Crippen LogP contribution in [-0.2, 0) is 11.3 Å². The molecule has 128 valence electrons. The first-order chi connectivity index (χ1) is 11.8. The van der Waals surface area contributed by atoms with Crippen molar-refractivity contribution in [2.45, 2.75) is 6.54 Å². The topological polar surface area (TPSA) is 33.7 Å². The molecule has 2 aromatic carbocycles. The molecule has 0 bridgehead atoms. The van der Waals surface area contributed by atoms with Crippen molar-refractivity contribution in [1.82, 2.24) is 4.90 Å². The summed E-state index contributed by atoms with van der Waals surface area (Å²) >= 11 is 0. The van der Waals surface area contributed by atoms with E-state index in [0.717, 1.165) is 49.8 Å². The molecular weight excluding hydrogens is 307 g/mol. The van der Waals surface area contributed by atoms with E-state index in [4.69, 9.17) is 9.47 Å². The molecule has 0 unspecified atom stereocenters. The number of ether oxygens (including phenoxy) is 2.